The highest BCUT2D eigenvalue weighted by Gasteiger charge is 2.25. The van der Waals surface area contributed by atoms with Gasteiger partial charge in [0.2, 0.25) is 11.8 Å². The van der Waals surface area contributed by atoms with Crippen LogP contribution < -0.4 is 4.90 Å². The molecule has 0 spiro atoms. The Morgan fingerprint density at radius 1 is 1.10 bits per heavy atom. The molecule has 0 bridgehead atoms. The van der Waals surface area contributed by atoms with Crippen molar-refractivity contribution in [2.24, 2.45) is 0 Å². The second-order valence-corrected chi connectivity index (χ2v) is 9.14. The van der Waals surface area contributed by atoms with Gasteiger partial charge >= 0.3 is 0 Å². The zero-order chi connectivity index (χ0) is 21.2. The highest BCUT2D eigenvalue weighted by Crippen LogP contribution is 2.37. The molecular weight excluding hydrogens is 439 g/mol. The number of hydrogen-bond donors (Lipinski definition) is 0. The summed E-state index contributed by atoms with van der Waals surface area (Å²) >= 11 is 2.98. The lowest BCUT2D eigenvalue weighted by molar-refractivity contribution is 0.122. The van der Waals surface area contributed by atoms with E-state index in [9.17, 15) is 4.39 Å². The summed E-state index contributed by atoms with van der Waals surface area (Å²) in [7, 11) is 0. The number of hydrogen-bond acceptors (Lipinski definition) is 9. The number of thioether (sulfide) groups is 1. The van der Waals surface area contributed by atoms with E-state index in [1.165, 1.54) is 23.9 Å². The van der Waals surface area contributed by atoms with Crippen LogP contribution in [0, 0.1) is 5.82 Å². The number of nitrogens with zero attached hydrogens (tertiary/aromatic N) is 6. The first-order chi connectivity index (χ1) is 15.2. The number of aromatic nitrogens is 5. The van der Waals surface area contributed by atoms with E-state index in [0.29, 0.717) is 54.9 Å². The van der Waals surface area contributed by atoms with Crippen molar-refractivity contribution in [1.82, 2.24) is 25.0 Å². The maximum atomic E-state index is 14.0. The molecule has 1 aromatic carbocycles. The number of ether oxygens (including phenoxy) is 1. The van der Waals surface area contributed by atoms with Gasteiger partial charge in [0.05, 0.1) is 29.0 Å². The standard InChI is InChI=1S/C20H19FN6O2S2/c1-13(17-22-23-18(29-17)16-6-3-11-30-16)31-20-25-24-19(26-7-9-28-10-8-26)27(20)15-5-2-4-14(21)12-15/h2-6,11-13H,7-10H2,1H3/t13-/m0/s1. The first kappa shape index (κ1) is 20.2. The van der Waals surface area contributed by atoms with E-state index in [4.69, 9.17) is 9.15 Å². The van der Waals surface area contributed by atoms with E-state index in [1.54, 1.807) is 17.4 Å². The Bertz CT molecular complexity index is 1160. The molecule has 4 heterocycles. The minimum atomic E-state index is -0.319. The summed E-state index contributed by atoms with van der Waals surface area (Å²) in [5.74, 6) is 1.34. The Labute approximate surface area is 186 Å². The fourth-order valence-corrected chi connectivity index (χ4v) is 4.79. The lowest BCUT2D eigenvalue weighted by Crippen LogP contribution is -2.37. The van der Waals surface area contributed by atoms with E-state index in [2.05, 4.69) is 25.3 Å². The van der Waals surface area contributed by atoms with Gasteiger partial charge in [-0.3, -0.25) is 4.57 Å². The second-order valence-electron chi connectivity index (χ2n) is 6.88. The molecule has 0 amide bonds. The van der Waals surface area contributed by atoms with Gasteiger partial charge in [-0.15, -0.1) is 31.7 Å². The van der Waals surface area contributed by atoms with Crippen LogP contribution in [0.25, 0.3) is 16.5 Å². The van der Waals surface area contributed by atoms with E-state index >= 15 is 0 Å². The van der Waals surface area contributed by atoms with Gasteiger partial charge in [-0.2, -0.15) is 0 Å². The second kappa shape index (κ2) is 8.77. The molecule has 4 aromatic rings. The number of halogens is 1. The van der Waals surface area contributed by atoms with Crippen LogP contribution in [0.2, 0.25) is 0 Å². The molecule has 0 N–H and O–H groups in total. The van der Waals surface area contributed by atoms with Crippen molar-refractivity contribution < 1.29 is 13.5 Å². The third-order valence-corrected chi connectivity index (χ3v) is 6.67. The van der Waals surface area contributed by atoms with Gasteiger partial charge in [-0.25, -0.2) is 4.39 Å². The average Bonchev–Trinajstić information content (AvgIpc) is 3.54. The molecule has 1 atom stereocenters. The number of rotatable bonds is 6. The number of anilines is 1. The summed E-state index contributed by atoms with van der Waals surface area (Å²) in [6.07, 6.45) is 0. The molecule has 1 fully saturated rings. The molecule has 0 saturated carbocycles. The van der Waals surface area contributed by atoms with Gasteiger partial charge in [0, 0.05) is 13.1 Å². The fourth-order valence-electron chi connectivity index (χ4n) is 3.26. The highest BCUT2D eigenvalue weighted by molar-refractivity contribution is 7.99. The largest absolute Gasteiger partial charge is 0.419 e. The number of thiophene rings is 1. The lowest BCUT2D eigenvalue weighted by Gasteiger charge is -2.28. The first-order valence-corrected chi connectivity index (χ1v) is 11.5. The van der Waals surface area contributed by atoms with Crippen molar-refractivity contribution in [3.63, 3.8) is 0 Å². The highest BCUT2D eigenvalue weighted by atomic mass is 32.2. The maximum absolute atomic E-state index is 14.0. The van der Waals surface area contributed by atoms with Gasteiger partial charge in [0.25, 0.3) is 5.89 Å². The van der Waals surface area contributed by atoms with Gasteiger partial charge in [0.15, 0.2) is 5.16 Å². The molecule has 1 aliphatic rings. The molecule has 160 valence electrons. The van der Waals surface area contributed by atoms with Gasteiger partial charge in [-0.05, 0) is 36.6 Å². The Balaban J connectivity index is 1.46. The Morgan fingerprint density at radius 3 is 2.74 bits per heavy atom. The third-order valence-electron chi connectivity index (χ3n) is 4.78. The molecule has 0 unspecified atom stereocenters. The first-order valence-electron chi connectivity index (χ1n) is 9.77. The molecule has 1 aliphatic heterocycles. The van der Waals surface area contributed by atoms with E-state index < -0.39 is 0 Å². The molecule has 3 aromatic heterocycles. The van der Waals surface area contributed by atoms with Crippen molar-refractivity contribution in [3.8, 4) is 16.5 Å². The van der Waals surface area contributed by atoms with Crippen LogP contribution in [-0.4, -0.2) is 51.3 Å². The zero-order valence-corrected chi connectivity index (χ0v) is 18.3. The van der Waals surface area contributed by atoms with E-state index in [-0.39, 0.29) is 11.1 Å². The molecular formula is C20H19FN6O2S2. The Hall–Kier alpha value is -2.76. The van der Waals surface area contributed by atoms with Crippen molar-refractivity contribution in [2.45, 2.75) is 17.3 Å². The fraction of sp³-hybridized carbons (Fsp3) is 0.300. The number of morpholine rings is 1. The van der Waals surface area contributed by atoms with Crippen molar-refractivity contribution >= 4 is 29.0 Å². The number of benzene rings is 1. The average molecular weight is 459 g/mol. The van der Waals surface area contributed by atoms with E-state index in [0.717, 1.165) is 4.88 Å². The quantitative estimate of drug-likeness (QED) is 0.398. The zero-order valence-electron chi connectivity index (χ0n) is 16.6. The van der Waals surface area contributed by atoms with Crippen LogP contribution in [0.15, 0.2) is 51.4 Å². The van der Waals surface area contributed by atoms with Crippen molar-refractivity contribution in [1.29, 1.82) is 0 Å². The smallest absolute Gasteiger partial charge is 0.257 e. The van der Waals surface area contributed by atoms with Gasteiger partial charge in [0.1, 0.15) is 5.82 Å². The minimum absolute atomic E-state index is 0.171. The molecule has 0 aliphatic carbocycles. The summed E-state index contributed by atoms with van der Waals surface area (Å²) in [5.41, 5.74) is 0.658. The summed E-state index contributed by atoms with van der Waals surface area (Å²) in [5, 5.41) is 19.6. The Kier molecular flexibility index (Phi) is 5.70. The predicted molar refractivity (Wildman–Crippen MR) is 116 cm³/mol. The Morgan fingerprint density at radius 2 is 1.97 bits per heavy atom. The summed E-state index contributed by atoms with van der Waals surface area (Å²) < 4.78 is 27.2. The summed E-state index contributed by atoms with van der Waals surface area (Å²) in [4.78, 5) is 3.02. The monoisotopic (exact) mass is 458 g/mol. The normalized spacial score (nSPS) is 15.4. The van der Waals surface area contributed by atoms with Crippen LogP contribution in [-0.2, 0) is 4.74 Å². The molecule has 1 saturated heterocycles. The lowest BCUT2D eigenvalue weighted by atomic mass is 10.3. The van der Waals surface area contributed by atoms with Crippen LogP contribution in [0.3, 0.4) is 0 Å². The molecule has 31 heavy (non-hydrogen) atoms. The molecule has 11 heteroatoms. The van der Waals surface area contributed by atoms with Gasteiger partial charge in [-0.1, -0.05) is 23.9 Å². The van der Waals surface area contributed by atoms with Gasteiger partial charge < -0.3 is 14.1 Å². The van der Waals surface area contributed by atoms with Crippen LogP contribution in [0.5, 0.6) is 0 Å². The van der Waals surface area contributed by atoms with Crippen LogP contribution in [0.4, 0.5) is 10.3 Å². The minimum Gasteiger partial charge on any atom is -0.419 e. The predicted octanol–water partition coefficient (Wildman–Crippen LogP) is 4.21. The van der Waals surface area contributed by atoms with Crippen LogP contribution in [0.1, 0.15) is 18.1 Å². The topological polar surface area (TPSA) is 82.1 Å². The SMILES string of the molecule is C[C@H](Sc1nnc(N2CCOCC2)n1-c1cccc(F)c1)c1nnc(-c2cccs2)o1. The summed E-state index contributed by atoms with van der Waals surface area (Å²) in [6, 6.07) is 10.3. The molecule has 8 nitrogen and oxygen atoms in total. The molecule has 5 rings (SSSR count). The van der Waals surface area contributed by atoms with Crippen LogP contribution >= 0.6 is 23.1 Å². The third kappa shape index (κ3) is 4.21. The summed E-state index contributed by atoms with van der Waals surface area (Å²) in [6.45, 7) is 4.59. The van der Waals surface area contributed by atoms with Crippen molar-refractivity contribution in [2.75, 3.05) is 31.2 Å². The molecule has 0 radical (unpaired) electrons. The van der Waals surface area contributed by atoms with Crippen molar-refractivity contribution in [3.05, 3.63) is 53.5 Å². The van der Waals surface area contributed by atoms with E-state index in [1.807, 2.05) is 35.1 Å². The maximum Gasteiger partial charge on any atom is 0.257 e.